The van der Waals surface area contributed by atoms with Crippen LogP contribution < -0.4 is 5.32 Å². The lowest BCUT2D eigenvalue weighted by atomic mass is 9.98. The van der Waals surface area contributed by atoms with Gasteiger partial charge >= 0.3 is 12.0 Å². The summed E-state index contributed by atoms with van der Waals surface area (Å²) in [5.41, 5.74) is -0.480. The second-order valence-corrected chi connectivity index (χ2v) is 6.40. The Bertz CT molecular complexity index is 342. The Balaban J connectivity index is 2.46. The van der Waals surface area contributed by atoms with Gasteiger partial charge in [-0.3, -0.25) is 4.79 Å². The maximum atomic E-state index is 12.3. The molecule has 1 fully saturated rings. The van der Waals surface area contributed by atoms with E-state index in [1.54, 1.807) is 0 Å². The Morgan fingerprint density at radius 3 is 2.60 bits per heavy atom. The zero-order chi connectivity index (χ0) is 15.2. The Hall–Kier alpha value is -1.26. The highest BCUT2D eigenvalue weighted by Gasteiger charge is 2.26. The van der Waals surface area contributed by atoms with E-state index < -0.39 is 11.5 Å². The van der Waals surface area contributed by atoms with Crippen molar-refractivity contribution in [1.29, 1.82) is 0 Å². The summed E-state index contributed by atoms with van der Waals surface area (Å²) in [4.78, 5) is 24.8. The third-order valence-corrected chi connectivity index (χ3v) is 4.12. The molecule has 0 aliphatic carbocycles. The summed E-state index contributed by atoms with van der Waals surface area (Å²) < 4.78 is 0. The van der Waals surface area contributed by atoms with Gasteiger partial charge in [0.05, 0.1) is 0 Å². The van der Waals surface area contributed by atoms with E-state index in [9.17, 15) is 9.59 Å². The summed E-state index contributed by atoms with van der Waals surface area (Å²) in [6, 6.07) is -0.0582. The lowest BCUT2D eigenvalue weighted by Crippen LogP contribution is -2.50. The molecule has 116 valence electrons. The first-order valence-electron chi connectivity index (χ1n) is 7.63. The molecular formula is C15H28N2O3. The van der Waals surface area contributed by atoms with E-state index >= 15 is 0 Å². The van der Waals surface area contributed by atoms with Crippen LogP contribution in [0, 0.1) is 5.92 Å². The number of hydrogen-bond acceptors (Lipinski definition) is 2. The van der Waals surface area contributed by atoms with Crippen LogP contribution in [0.5, 0.6) is 0 Å². The molecule has 20 heavy (non-hydrogen) atoms. The fraction of sp³-hybridized carbons (Fsp3) is 0.867. The largest absolute Gasteiger partial charge is 0.481 e. The second-order valence-electron chi connectivity index (χ2n) is 6.40. The zero-order valence-electron chi connectivity index (χ0n) is 12.9. The van der Waals surface area contributed by atoms with Gasteiger partial charge in [-0.05, 0) is 45.4 Å². The highest BCUT2D eigenvalue weighted by molar-refractivity contribution is 5.75. The molecule has 5 heteroatoms. The van der Waals surface area contributed by atoms with Crippen molar-refractivity contribution < 1.29 is 14.7 Å². The molecule has 0 radical (unpaired) electrons. The third kappa shape index (κ3) is 5.80. The molecule has 1 aliphatic heterocycles. The number of aliphatic carboxylic acids is 1. The average molecular weight is 284 g/mol. The van der Waals surface area contributed by atoms with Crippen molar-refractivity contribution in [3.8, 4) is 0 Å². The number of carboxylic acid groups (broad SMARTS) is 1. The summed E-state index contributed by atoms with van der Waals surface area (Å²) >= 11 is 0. The molecule has 1 atom stereocenters. The van der Waals surface area contributed by atoms with Crippen LogP contribution >= 0.6 is 0 Å². The van der Waals surface area contributed by atoms with Gasteiger partial charge in [0, 0.05) is 25.0 Å². The van der Waals surface area contributed by atoms with Crippen molar-refractivity contribution >= 4 is 12.0 Å². The maximum Gasteiger partial charge on any atom is 0.317 e. The zero-order valence-corrected chi connectivity index (χ0v) is 12.9. The summed E-state index contributed by atoms with van der Waals surface area (Å²) in [7, 11) is 0. The van der Waals surface area contributed by atoms with Gasteiger partial charge in [-0.2, -0.15) is 0 Å². The number of likely N-dealkylation sites (tertiary alicyclic amines) is 1. The van der Waals surface area contributed by atoms with Crippen LogP contribution in [0.2, 0.25) is 0 Å². The topological polar surface area (TPSA) is 69.6 Å². The van der Waals surface area contributed by atoms with E-state index in [0.29, 0.717) is 6.42 Å². The molecule has 2 N–H and O–H groups in total. The van der Waals surface area contributed by atoms with E-state index in [0.717, 1.165) is 31.8 Å². The van der Waals surface area contributed by atoms with Gasteiger partial charge in [0.1, 0.15) is 0 Å². The molecule has 1 saturated heterocycles. The molecule has 1 heterocycles. The first-order valence-corrected chi connectivity index (χ1v) is 7.63. The van der Waals surface area contributed by atoms with Gasteiger partial charge in [-0.25, -0.2) is 4.79 Å². The predicted molar refractivity (Wildman–Crippen MR) is 78.7 cm³/mol. The number of nitrogens with one attached hydrogen (secondary N) is 1. The summed E-state index contributed by atoms with van der Waals surface area (Å²) in [6.07, 6.45) is 5.02. The first kappa shape index (κ1) is 16.8. The van der Waals surface area contributed by atoms with Gasteiger partial charge in [0.15, 0.2) is 0 Å². The van der Waals surface area contributed by atoms with Gasteiger partial charge in [-0.15, -0.1) is 0 Å². The van der Waals surface area contributed by atoms with Gasteiger partial charge in [0.25, 0.3) is 0 Å². The Kier molecular flexibility index (Phi) is 6.30. The number of carbonyl (C=O) groups is 2. The lowest BCUT2D eigenvalue weighted by Gasteiger charge is -2.30. The van der Waals surface area contributed by atoms with Gasteiger partial charge in [-0.1, -0.05) is 13.3 Å². The van der Waals surface area contributed by atoms with Crippen molar-refractivity contribution in [2.75, 3.05) is 13.1 Å². The summed E-state index contributed by atoms with van der Waals surface area (Å²) in [5.74, 6) is -0.0966. The molecule has 0 bridgehead atoms. The Morgan fingerprint density at radius 1 is 1.30 bits per heavy atom. The van der Waals surface area contributed by atoms with Gasteiger partial charge in [0.2, 0.25) is 0 Å². The minimum absolute atomic E-state index is 0.0582. The van der Waals surface area contributed by atoms with Crippen LogP contribution in [0.1, 0.15) is 59.3 Å². The molecule has 1 aliphatic rings. The number of carbonyl (C=O) groups excluding carboxylic acids is 1. The molecular weight excluding hydrogens is 256 g/mol. The van der Waals surface area contributed by atoms with Gasteiger partial charge < -0.3 is 15.3 Å². The summed E-state index contributed by atoms with van der Waals surface area (Å²) in [5, 5.41) is 11.7. The number of nitrogens with zero attached hydrogens (tertiary/aromatic N) is 1. The van der Waals surface area contributed by atoms with Crippen molar-refractivity contribution in [3.63, 3.8) is 0 Å². The fourth-order valence-electron chi connectivity index (χ4n) is 2.63. The molecule has 2 amide bonds. The van der Waals surface area contributed by atoms with Crippen LogP contribution in [0.3, 0.4) is 0 Å². The van der Waals surface area contributed by atoms with Crippen molar-refractivity contribution in [2.24, 2.45) is 5.92 Å². The molecule has 0 aromatic rings. The minimum atomic E-state index is -0.826. The van der Waals surface area contributed by atoms with Crippen LogP contribution in [-0.4, -0.2) is 40.6 Å². The minimum Gasteiger partial charge on any atom is -0.481 e. The maximum absolute atomic E-state index is 12.3. The van der Waals surface area contributed by atoms with E-state index in [1.807, 2.05) is 18.7 Å². The number of rotatable bonds is 5. The molecule has 1 unspecified atom stereocenters. The number of amides is 2. The Labute approximate surface area is 121 Å². The van der Waals surface area contributed by atoms with E-state index in [2.05, 4.69) is 12.2 Å². The monoisotopic (exact) mass is 284 g/mol. The normalized spacial score (nSPS) is 20.4. The standard InChI is InChI=1S/C15H28N2O3/c1-4-12-6-5-10-17(11-8-12)14(20)16-15(2,3)9-7-13(18)19/h12H,4-11H2,1-3H3,(H,16,20)(H,18,19). The first-order chi connectivity index (χ1) is 9.34. The molecule has 5 nitrogen and oxygen atoms in total. The number of urea groups is 1. The van der Waals surface area contributed by atoms with E-state index in [1.165, 1.54) is 12.8 Å². The molecule has 1 rings (SSSR count). The predicted octanol–water partition coefficient (Wildman–Crippen LogP) is 2.85. The van der Waals surface area contributed by atoms with Crippen LogP contribution in [0.15, 0.2) is 0 Å². The van der Waals surface area contributed by atoms with Crippen LogP contribution in [0.4, 0.5) is 4.79 Å². The second kappa shape index (κ2) is 7.50. The van der Waals surface area contributed by atoms with Crippen molar-refractivity contribution in [1.82, 2.24) is 10.2 Å². The Morgan fingerprint density at radius 2 is 2.00 bits per heavy atom. The quantitative estimate of drug-likeness (QED) is 0.815. The highest BCUT2D eigenvalue weighted by atomic mass is 16.4. The smallest absolute Gasteiger partial charge is 0.317 e. The van der Waals surface area contributed by atoms with Crippen LogP contribution in [-0.2, 0) is 4.79 Å². The SMILES string of the molecule is CCC1CCCN(C(=O)NC(C)(C)CCC(=O)O)CC1. The lowest BCUT2D eigenvalue weighted by molar-refractivity contribution is -0.137. The molecule has 0 aromatic carbocycles. The third-order valence-electron chi connectivity index (χ3n) is 4.12. The van der Waals surface area contributed by atoms with Crippen molar-refractivity contribution in [2.45, 2.75) is 64.8 Å². The number of hydrogen-bond donors (Lipinski definition) is 2. The molecule has 0 spiro atoms. The number of carboxylic acids is 1. The average Bonchev–Trinajstić information content (AvgIpc) is 2.61. The van der Waals surface area contributed by atoms with E-state index in [4.69, 9.17) is 5.11 Å². The van der Waals surface area contributed by atoms with E-state index in [-0.39, 0.29) is 12.5 Å². The highest BCUT2D eigenvalue weighted by Crippen LogP contribution is 2.21. The molecule has 0 saturated carbocycles. The molecule has 0 aromatic heterocycles. The van der Waals surface area contributed by atoms with Crippen LogP contribution in [0.25, 0.3) is 0 Å². The van der Waals surface area contributed by atoms with Crippen molar-refractivity contribution in [3.05, 3.63) is 0 Å². The summed E-state index contributed by atoms with van der Waals surface area (Å²) in [6.45, 7) is 7.56. The fourth-order valence-corrected chi connectivity index (χ4v) is 2.63.